The van der Waals surface area contributed by atoms with Gasteiger partial charge >= 0.3 is 0 Å². The Bertz CT molecular complexity index is 551. The molecule has 9 heteroatoms. The van der Waals surface area contributed by atoms with Gasteiger partial charge in [-0.05, 0) is 31.5 Å². The van der Waals surface area contributed by atoms with Crippen molar-refractivity contribution >= 4 is 57.2 Å². The molecule has 1 aromatic rings. The molecule has 1 saturated heterocycles. The molecule has 0 aromatic heterocycles. The van der Waals surface area contributed by atoms with Gasteiger partial charge in [0, 0.05) is 17.6 Å². The van der Waals surface area contributed by atoms with E-state index >= 15 is 0 Å². The van der Waals surface area contributed by atoms with Gasteiger partial charge < -0.3 is 5.32 Å². The fourth-order valence-electron chi connectivity index (χ4n) is 2.02. The number of hydrogen-bond acceptors (Lipinski definition) is 3. The van der Waals surface area contributed by atoms with Crippen LogP contribution in [-0.2, 0) is 10.0 Å². The van der Waals surface area contributed by atoms with Crippen molar-refractivity contribution in [3.63, 3.8) is 0 Å². The Morgan fingerprint density at radius 3 is 2.30 bits per heavy atom. The molecular formula is C11H14Cl4N2O2S. The Morgan fingerprint density at radius 2 is 1.80 bits per heavy atom. The van der Waals surface area contributed by atoms with Crippen LogP contribution in [0, 0.1) is 0 Å². The van der Waals surface area contributed by atoms with Crippen molar-refractivity contribution in [3.05, 3.63) is 27.2 Å². The average molecular weight is 380 g/mol. The van der Waals surface area contributed by atoms with Gasteiger partial charge in [0.05, 0.1) is 10.0 Å². The fraction of sp³-hybridized carbons (Fsp3) is 0.455. The zero-order chi connectivity index (χ0) is 14.0. The van der Waals surface area contributed by atoms with Crippen molar-refractivity contribution in [2.24, 2.45) is 0 Å². The first-order valence-electron chi connectivity index (χ1n) is 5.78. The molecule has 0 bridgehead atoms. The molecule has 1 aliphatic heterocycles. The van der Waals surface area contributed by atoms with E-state index in [-0.39, 0.29) is 33.4 Å². The Hall–Kier alpha value is 0.250. The van der Waals surface area contributed by atoms with Gasteiger partial charge in [0.15, 0.2) is 0 Å². The molecule has 1 fully saturated rings. The van der Waals surface area contributed by atoms with Gasteiger partial charge in [0.2, 0.25) is 10.0 Å². The summed E-state index contributed by atoms with van der Waals surface area (Å²) in [6, 6.07) is 2.58. The second kappa shape index (κ2) is 7.49. The summed E-state index contributed by atoms with van der Waals surface area (Å²) in [5.74, 6) is 0. The lowest BCUT2D eigenvalue weighted by Gasteiger charge is -2.24. The largest absolute Gasteiger partial charge is 0.315 e. The van der Waals surface area contributed by atoms with E-state index in [0.717, 1.165) is 19.4 Å². The molecule has 0 aliphatic carbocycles. The van der Waals surface area contributed by atoms with Crippen LogP contribution in [0.1, 0.15) is 12.8 Å². The number of halogens is 4. The first-order valence-corrected chi connectivity index (χ1v) is 8.39. The summed E-state index contributed by atoms with van der Waals surface area (Å²) in [7, 11) is -3.75. The zero-order valence-electron chi connectivity index (χ0n) is 10.3. The predicted octanol–water partition coefficient (Wildman–Crippen LogP) is 3.10. The Morgan fingerprint density at radius 1 is 1.20 bits per heavy atom. The van der Waals surface area contributed by atoms with Gasteiger partial charge in [-0.25, -0.2) is 13.1 Å². The highest BCUT2D eigenvalue weighted by Crippen LogP contribution is 2.32. The molecule has 2 N–H and O–H groups in total. The molecule has 1 heterocycles. The van der Waals surface area contributed by atoms with E-state index in [1.54, 1.807) is 0 Å². The fourth-order valence-corrected chi connectivity index (χ4v) is 4.83. The lowest BCUT2D eigenvalue weighted by molar-refractivity contribution is 0.428. The predicted molar refractivity (Wildman–Crippen MR) is 84.9 cm³/mol. The molecule has 1 aliphatic rings. The SMILES string of the molecule is Cl.O=S(=O)(N[C@@H]1CCCNC1)c1c(Cl)cc(Cl)cc1Cl. The van der Waals surface area contributed by atoms with Gasteiger partial charge in [0.1, 0.15) is 4.90 Å². The summed E-state index contributed by atoms with van der Waals surface area (Å²) >= 11 is 17.6. The summed E-state index contributed by atoms with van der Waals surface area (Å²) in [5.41, 5.74) is 0. The normalized spacial score (nSPS) is 19.4. The van der Waals surface area contributed by atoms with Gasteiger partial charge in [-0.1, -0.05) is 34.8 Å². The van der Waals surface area contributed by atoms with Crippen LogP contribution in [0.25, 0.3) is 0 Å². The molecule has 0 saturated carbocycles. The van der Waals surface area contributed by atoms with E-state index in [1.807, 2.05) is 0 Å². The Balaban J connectivity index is 0.00000200. The van der Waals surface area contributed by atoms with Gasteiger partial charge in [-0.2, -0.15) is 0 Å². The maximum absolute atomic E-state index is 12.3. The highest BCUT2D eigenvalue weighted by molar-refractivity contribution is 7.89. The molecule has 114 valence electrons. The lowest BCUT2D eigenvalue weighted by atomic mass is 10.1. The highest BCUT2D eigenvalue weighted by atomic mass is 35.5. The summed E-state index contributed by atoms with van der Waals surface area (Å²) in [6.45, 7) is 1.50. The third-order valence-corrected chi connectivity index (χ3v) is 5.51. The van der Waals surface area contributed by atoms with E-state index in [2.05, 4.69) is 10.0 Å². The van der Waals surface area contributed by atoms with E-state index < -0.39 is 10.0 Å². The minimum Gasteiger partial charge on any atom is -0.315 e. The smallest absolute Gasteiger partial charge is 0.243 e. The maximum atomic E-state index is 12.3. The van der Waals surface area contributed by atoms with Crippen molar-refractivity contribution < 1.29 is 8.42 Å². The maximum Gasteiger partial charge on any atom is 0.243 e. The van der Waals surface area contributed by atoms with Gasteiger partial charge in [-0.3, -0.25) is 0 Å². The molecule has 0 amide bonds. The van der Waals surface area contributed by atoms with E-state index in [4.69, 9.17) is 34.8 Å². The number of sulfonamides is 1. The van der Waals surface area contributed by atoms with E-state index in [0.29, 0.717) is 11.6 Å². The zero-order valence-corrected chi connectivity index (χ0v) is 14.2. The molecular weight excluding hydrogens is 366 g/mol. The molecule has 2 rings (SSSR count). The average Bonchev–Trinajstić information content (AvgIpc) is 2.27. The summed E-state index contributed by atoms with van der Waals surface area (Å²) < 4.78 is 27.2. The number of rotatable bonds is 3. The quantitative estimate of drug-likeness (QED) is 0.848. The number of piperidine rings is 1. The molecule has 4 nitrogen and oxygen atoms in total. The number of hydrogen-bond donors (Lipinski definition) is 2. The standard InChI is InChI=1S/C11H13Cl3N2O2S.ClH/c12-7-4-9(13)11(10(14)5-7)19(17,18)16-8-2-1-3-15-6-8;/h4-5,8,15-16H,1-3,6H2;1H/t8-;/m1./s1. The van der Waals surface area contributed by atoms with E-state index in [9.17, 15) is 8.42 Å². The van der Waals surface area contributed by atoms with E-state index in [1.165, 1.54) is 12.1 Å². The molecule has 0 radical (unpaired) electrons. The van der Waals surface area contributed by atoms with Crippen LogP contribution in [0.3, 0.4) is 0 Å². The molecule has 0 spiro atoms. The van der Waals surface area contributed by atoms with Crippen LogP contribution in [0.2, 0.25) is 15.1 Å². The lowest BCUT2D eigenvalue weighted by Crippen LogP contribution is -2.45. The summed E-state index contributed by atoms with van der Waals surface area (Å²) in [5, 5.41) is 3.48. The highest BCUT2D eigenvalue weighted by Gasteiger charge is 2.26. The van der Waals surface area contributed by atoms with Crippen LogP contribution in [0.5, 0.6) is 0 Å². The molecule has 1 aromatic carbocycles. The van der Waals surface area contributed by atoms with Crippen molar-refractivity contribution in [3.8, 4) is 0 Å². The third-order valence-electron chi connectivity index (χ3n) is 2.85. The van der Waals surface area contributed by atoms with Crippen molar-refractivity contribution in [2.45, 2.75) is 23.8 Å². The molecule has 1 atom stereocenters. The van der Waals surface area contributed by atoms with Crippen molar-refractivity contribution in [1.29, 1.82) is 0 Å². The molecule has 0 unspecified atom stereocenters. The summed E-state index contributed by atoms with van der Waals surface area (Å²) in [6.07, 6.45) is 1.71. The second-order valence-corrected chi connectivity index (χ2v) is 7.26. The van der Waals surface area contributed by atoms with Crippen LogP contribution < -0.4 is 10.0 Å². The van der Waals surface area contributed by atoms with Gasteiger partial charge in [0.25, 0.3) is 0 Å². The summed E-state index contributed by atoms with van der Waals surface area (Å²) in [4.78, 5) is -0.120. The second-order valence-electron chi connectivity index (χ2n) is 4.36. The topological polar surface area (TPSA) is 58.2 Å². The third kappa shape index (κ3) is 4.37. The van der Waals surface area contributed by atoms with Crippen LogP contribution in [-0.4, -0.2) is 27.5 Å². The monoisotopic (exact) mass is 378 g/mol. The van der Waals surface area contributed by atoms with Crippen LogP contribution in [0.4, 0.5) is 0 Å². The van der Waals surface area contributed by atoms with Gasteiger partial charge in [-0.15, -0.1) is 12.4 Å². The Labute approximate surface area is 139 Å². The number of nitrogens with one attached hydrogen (secondary N) is 2. The van der Waals surface area contributed by atoms with Crippen LogP contribution in [0.15, 0.2) is 17.0 Å². The Kier molecular flexibility index (Phi) is 6.86. The van der Waals surface area contributed by atoms with Crippen LogP contribution >= 0.6 is 47.2 Å². The first kappa shape index (κ1) is 18.3. The number of benzene rings is 1. The molecule has 20 heavy (non-hydrogen) atoms. The van der Waals surface area contributed by atoms with Crippen molar-refractivity contribution in [2.75, 3.05) is 13.1 Å². The minimum atomic E-state index is -3.75. The van der Waals surface area contributed by atoms with Crippen molar-refractivity contribution in [1.82, 2.24) is 10.0 Å². The minimum absolute atomic E-state index is 0. The first-order chi connectivity index (χ1) is 8.90.